The SMILES string of the molecule is CCc1cc(C#N)cc2[nH]c3c(c12)C(=O)c1ccc(N2CCC(=O)CC2)cc1C3(C)C. The minimum atomic E-state index is -0.392. The lowest BCUT2D eigenvalue weighted by molar-refractivity contribution is -0.119. The molecule has 0 unspecified atom stereocenters. The zero-order valence-electron chi connectivity index (χ0n) is 18.1. The van der Waals surface area contributed by atoms with Crippen LogP contribution in [0.1, 0.15) is 71.9 Å². The molecular weight excluding hydrogens is 386 g/mol. The van der Waals surface area contributed by atoms with Gasteiger partial charge in [0, 0.05) is 59.2 Å². The van der Waals surface area contributed by atoms with E-state index in [1.165, 1.54) is 0 Å². The van der Waals surface area contributed by atoms with Gasteiger partial charge in [-0.25, -0.2) is 0 Å². The molecule has 0 saturated carbocycles. The number of ketones is 2. The number of aromatic amines is 1. The second kappa shape index (κ2) is 6.81. The number of anilines is 1. The summed E-state index contributed by atoms with van der Waals surface area (Å²) in [6.45, 7) is 7.79. The molecule has 1 aliphatic carbocycles. The van der Waals surface area contributed by atoms with Crippen LogP contribution in [0.2, 0.25) is 0 Å². The van der Waals surface area contributed by atoms with Gasteiger partial charge in [-0.15, -0.1) is 0 Å². The van der Waals surface area contributed by atoms with E-state index in [0.29, 0.717) is 24.2 Å². The van der Waals surface area contributed by atoms with Crippen LogP contribution >= 0.6 is 0 Å². The van der Waals surface area contributed by atoms with Crippen LogP contribution in [0.3, 0.4) is 0 Å². The molecular formula is C26H25N3O2. The Labute approximate surface area is 181 Å². The molecule has 1 fully saturated rings. The average molecular weight is 412 g/mol. The maximum atomic E-state index is 13.7. The molecule has 0 amide bonds. The molecule has 0 spiro atoms. The van der Waals surface area contributed by atoms with Gasteiger partial charge in [0.05, 0.1) is 17.2 Å². The number of aromatic nitrogens is 1. The standard InChI is InChI=1S/C26H25N3O2/c1-4-16-11-15(14-27)12-21-22(16)23-24(31)19-6-5-17(29-9-7-18(30)8-10-29)13-20(19)26(2,3)25(23)28-21/h5-6,11-13,28H,4,7-10H2,1-3H3. The number of hydrogen-bond acceptors (Lipinski definition) is 4. The molecule has 5 heteroatoms. The molecule has 1 aromatic heterocycles. The monoisotopic (exact) mass is 411 g/mol. The highest BCUT2D eigenvalue weighted by Crippen LogP contribution is 2.45. The first kappa shape index (κ1) is 19.6. The Morgan fingerprint density at radius 2 is 1.87 bits per heavy atom. The van der Waals surface area contributed by atoms with E-state index >= 15 is 0 Å². The number of nitriles is 1. The molecule has 0 atom stereocenters. The van der Waals surface area contributed by atoms with Gasteiger partial charge < -0.3 is 9.88 Å². The number of nitrogens with zero attached hydrogens (tertiary/aromatic N) is 2. The topological polar surface area (TPSA) is 77.0 Å². The fourth-order valence-electron chi connectivity index (χ4n) is 5.19. The van der Waals surface area contributed by atoms with Gasteiger partial charge in [0.25, 0.3) is 0 Å². The molecule has 3 aromatic rings. The van der Waals surface area contributed by atoms with Gasteiger partial charge in [-0.1, -0.05) is 20.8 Å². The van der Waals surface area contributed by atoms with E-state index in [2.05, 4.69) is 42.8 Å². The summed E-state index contributed by atoms with van der Waals surface area (Å²) >= 11 is 0. The highest BCUT2D eigenvalue weighted by molar-refractivity contribution is 6.20. The molecule has 1 saturated heterocycles. The summed E-state index contributed by atoms with van der Waals surface area (Å²) in [5, 5.41) is 10.4. The lowest BCUT2D eigenvalue weighted by Gasteiger charge is -2.35. The van der Waals surface area contributed by atoms with Gasteiger partial charge in [0.15, 0.2) is 5.78 Å². The highest BCUT2D eigenvalue weighted by atomic mass is 16.1. The van der Waals surface area contributed by atoms with E-state index in [-0.39, 0.29) is 5.78 Å². The first-order valence-corrected chi connectivity index (χ1v) is 10.9. The van der Waals surface area contributed by atoms with E-state index < -0.39 is 5.41 Å². The normalized spacial score (nSPS) is 17.4. The Morgan fingerprint density at radius 1 is 1.13 bits per heavy atom. The molecule has 31 heavy (non-hydrogen) atoms. The number of rotatable bonds is 2. The quantitative estimate of drug-likeness (QED) is 0.666. The van der Waals surface area contributed by atoms with Gasteiger partial charge in [0.1, 0.15) is 5.78 Å². The summed E-state index contributed by atoms with van der Waals surface area (Å²) in [7, 11) is 0. The molecule has 0 bridgehead atoms. The van der Waals surface area contributed by atoms with Crippen LogP contribution in [0, 0.1) is 11.3 Å². The number of carbonyl (C=O) groups excluding carboxylic acids is 2. The maximum Gasteiger partial charge on any atom is 0.195 e. The molecule has 5 nitrogen and oxygen atoms in total. The molecule has 2 aromatic carbocycles. The lowest BCUT2D eigenvalue weighted by atomic mass is 9.71. The van der Waals surface area contributed by atoms with Crippen molar-refractivity contribution in [3.8, 4) is 6.07 Å². The molecule has 2 aliphatic rings. The summed E-state index contributed by atoms with van der Waals surface area (Å²) in [6.07, 6.45) is 1.91. The summed E-state index contributed by atoms with van der Waals surface area (Å²) in [6, 6.07) is 12.1. The second-order valence-electron chi connectivity index (χ2n) is 9.11. The van der Waals surface area contributed by atoms with Gasteiger partial charge >= 0.3 is 0 Å². The Morgan fingerprint density at radius 3 is 2.55 bits per heavy atom. The fourth-order valence-corrected chi connectivity index (χ4v) is 5.19. The number of aryl methyl sites for hydroxylation is 1. The minimum Gasteiger partial charge on any atom is -0.371 e. The average Bonchev–Trinajstić information content (AvgIpc) is 3.18. The lowest BCUT2D eigenvalue weighted by Crippen LogP contribution is -2.35. The maximum absolute atomic E-state index is 13.7. The Balaban J connectivity index is 1.69. The van der Waals surface area contributed by atoms with E-state index in [1.807, 2.05) is 24.3 Å². The fraction of sp³-hybridized carbons (Fsp3) is 0.346. The molecule has 0 radical (unpaired) electrons. The molecule has 156 valence electrons. The van der Waals surface area contributed by atoms with E-state index in [9.17, 15) is 14.9 Å². The van der Waals surface area contributed by atoms with Crippen molar-refractivity contribution in [2.45, 2.75) is 45.4 Å². The second-order valence-corrected chi connectivity index (χ2v) is 9.11. The molecule has 2 heterocycles. The minimum absolute atomic E-state index is 0.0374. The summed E-state index contributed by atoms with van der Waals surface area (Å²) in [5.74, 6) is 0.353. The first-order chi connectivity index (χ1) is 14.8. The number of benzene rings is 2. The number of piperidine rings is 1. The summed E-state index contributed by atoms with van der Waals surface area (Å²) in [4.78, 5) is 31.1. The number of H-pyrrole nitrogens is 1. The van der Waals surface area contributed by atoms with Crippen LogP contribution in [-0.2, 0) is 16.6 Å². The van der Waals surface area contributed by atoms with Crippen molar-refractivity contribution in [3.63, 3.8) is 0 Å². The van der Waals surface area contributed by atoms with Gasteiger partial charge in [0.2, 0.25) is 0 Å². The number of Topliss-reactive ketones (excluding diaryl/α,β-unsaturated/α-hetero) is 1. The van der Waals surface area contributed by atoms with Crippen molar-refractivity contribution in [1.29, 1.82) is 5.26 Å². The van der Waals surface area contributed by atoms with E-state index in [0.717, 1.165) is 64.0 Å². The number of carbonyl (C=O) groups is 2. The number of fused-ring (bicyclic) bond motifs is 4. The van der Waals surface area contributed by atoms with Gasteiger partial charge in [-0.05, 0) is 47.9 Å². The third-order valence-corrected chi connectivity index (χ3v) is 6.95. The van der Waals surface area contributed by atoms with Crippen molar-refractivity contribution < 1.29 is 9.59 Å². The van der Waals surface area contributed by atoms with Crippen molar-refractivity contribution in [1.82, 2.24) is 4.98 Å². The third kappa shape index (κ3) is 2.82. The van der Waals surface area contributed by atoms with Gasteiger partial charge in [-0.3, -0.25) is 9.59 Å². The van der Waals surface area contributed by atoms with Gasteiger partial charge in [-0.2, -0.15) is 5.26 Å². The summed E-state index contributed by atoms with van der Waals surface area (Å²) < 4.78 is 0. The van der Waals surface area contributed by atoms with Crippen molar-refractivity contribution >= 4 is 28.2 Å². The van der Waals surface area contributed by atoms with Crippen LogP contribution < -0.4 is 4.90 Å². The van der Waals surface area contributed by atoms with Crippen molar-refractivity contribution in [2.24, 2.45) is 0 Å². The predicted molar refractivity (Wildman–Crippen MR) is 121 cm³/mol. The molecule has 1 aliphatic heterocycles. The van der Waals surface area contributed by atoms with Crippen LogP contribution in [0.4, 0.5) is 5.69 Å². The highest BCUT2D eigenvalue weighted by Gasteiger charge is 2.40. The Bertz CT molecular complexity index is 1300. The Hall–Kier alpha value is -3.39. The zero-order valence-corrected chi connectivity index (χ0v) is 18.1. The molecule has 1 N–H and O–H groups in total. The third-order valence-electron chi connectivity index (χ3n) is 6.95. The van der Waals surface area contributed by atoms with Crippen LogP contribution in [0.5, 0.6) is 0 Å². The number of nitrogens with one attached hydrogen (secondary N) is 1. The van der Waals surface area contributed by atoms with Crippen molar-refractivity contribution in [3.05, 3.63) is 63.8 Å². The van der Waals surface area contributed by atoms with E-state index in [1.54, 1.807) is 0 Å². The largest absolute Gasteiger partial charge is 0.371 e. The van der Waals surface area contributed by atoms with Crippen molar-refractivity contribution in [2.75, 3.05) is 18.0 Å². The zero-order chi connectivity index (χ0) is 21.9. The van der Waals surface area contributed by atoms with E-state index in [4.69, 9.17) is 0 Å². The smallest absolute Gasteiger partial charge is 0.195 e. The van der Waals surface area contributed by atoms with Crippen LogP contribution in [0.15, 0.2) is 30.3 Å². The van der Waals surface area contributed by atoms with Crippen LogP contribution in [-0.4, -0.2) is 29.6 Å². The molecule has 5 rings (SSSR count). The predicted octanol–water partition coefficient (Wildman–Crippen LogP) is 4.64. The van der Waals surface area contributed by atoms with Crippen LogP contribution in [0.25, 0.3) is 10.9 Å². The first-order valence-electron chi connectivity index (χ1n) is 10.9. The summed E-state index contributed by atoms with van der Waals surface area (Å²) in [5.41, 5.74) is 6.54. The number of hydrogen-bond donors (Lipinski definition) is 1. The Kier molecular flexibility index (Phi) is 4.30.